The lowest BCUT2D eigenvalue weighted by atomic mass is 10.0. The number of phenolic OH excluding ortho intramolecular Hbond substituents is 2. The molecule has 0 unspecified atom stereocenters. The van der Waals surface area contributed by atoms with Gasteiger partial charge in [-0.25, -0.2) is 0 Å². The standard InChI is InChI=1S/C14H12O3/c1-9(15)10-2-4-11(5-3-10)13-8-12(16)6-7-14(13)17/h2-8,16-17H,1H3. The van der Waals surface area contributed by atoms with Gasteiger partial charge in [0.1, 0.15) is 11.5 Å². The molecule has 0 aromatic heterocycles. The normalized spacial score (nSPS) is 10.2. The van der Waals surface area contributed by atoms with Crippen molar-refractivity contribution < 1.29 is 15.0 Å². The lowest BCUT2D eigenvalue weighted by molar-refractivity contribution is 0.101. The summed E-state index contributed by atoms with van der Waals surface area (Å²) >= 11 is 0. The predicted molar refractivity (Wildman–Crippen MR) is 65.2 cm³/mol. The van der Waals surface area contributed by atoms with Gasteiger partial charge in [0.05, 0.1) is 0 Å². The molecule has 86 valence electrons. The average Bonchev–Trinajstić information content (AvgIpc) is 2.32. The van der Waals surface area contributed by atoms with Crippen LogP contribution in [0.4, 0.5) is 0 Å². The molecular formula is C14H12O3. The van der Waals surface area contributed by atoms with Gasteiger partial charge in [0.25, 0.3) is 0 Å². The molecule has 2 aromatic carbocycles. The highest BCUT2D eigenvalue weighted by molar-refractivity contribution is 5.94. The molecule has 0 amide bonds. The third kappa shape index (κ3) is 2.28. The molecule has 3 heteroatoms. The number of benzene rings is 2. The van der Waals surface area contributed by atoms with Gasteiger partial charge in [0.15, 0.2) is 5.78 Å². The van der Waals surface area contributed by atoms with Crippen molar-refractivity contribution in [2.24, 2.45) is 0 Å². The van der Waals surface area contributed by atoms with E-state index < -0.39 is 0 Å². The van der Waals surface area contributed by atoms with Gasteiger partial charge in [-0.2, -0.15) is 0 Å². The maximum atomic E-state index is 11.1. The van der Waals surface area contributed by atoms with Gasteiger partial charge in [0, 0.05) is 11.1 Å². The topological polar surface area (TPSA) is 57.5 Å². The number of carbonyl (C=O) groups is 1. The number of rotatable bonds is 2. The Bertz CT molecular complexity index is 556. The van der Waals surface area contributed by atoms with Gasteiger partial charge in [0.2, 0.25) is 0 Å². The van der Waals surface area contributed by atoms with Crippen LogP contribution in [0.1, 0.15) is 17.3 Å². The quantitative estimate of drug-likeness (QED) is 0.613. The molecule has 0 bridgehead atoms. The fraction of sp³-hybridized carbons (Fsp3) is 0.0714. The zero-order valence-electron chi connectivity index (χ0n) is 9.34. The number of hydrogen-bond acceptors (Lipinski definition) is 3. The van der Waals surface area contributed by atoms with E-state index in [4.69, 9.17) is 0 Å². The van der Waals surface area contributed by atoms with E-state index in [0.717, 1.165) is 5.56 Å². The fourth-order valence-electron chi connectivity index (χ4n) is 1.64. The van der Waals surface area contributed by atoms with Crippen LogP contribution in [0.15, 0.2) is 42.5 Å². The summed E-state index contributed by atoms with van der Waals surface area (Å²) in [6, 6.07) is 11.2. The van der Waals surface area contributed by atoms with Crippen molar-refractivity contribution in [1.82, 2.24) is 0 Å². The van der Waals surface area contributed by atoms with Crippen molar-refractivity contribution in [3.05, 3.63) is 48.0 Å². The molecule has 0 aliphatic carbocycles. The minimum Gasteiger partial charge on any atom is -0.508 e. The summed E-state index contributed by atoms with van der Waals surface area (Å²) in [7, 11) is 0. The number of Topliss-reactive ketones (excluding diaryl/α,β-unsaturated/α-hetero) is 1. The average molecular weight is 228 g/mol. The van der Waals surface area contributed by atoms with E-state index in [1.807, 2.05) is 0 Å². The van der Waals surface area contributed by atoms with E-state index in [-0.39, 0.29) is 17.3 Å². The molecule has 0 heterocycles. The molecule has 0 saturated heterocycles. The molecule has 0 fully saturated rings. The molecule has 0 atom stereocenters. The smallest absolute Gasteiger partial charge is 0.159 e. The third-order valence-electron chi connectivity index (χ3n) is 2.58. The zero-order chi connectivity index (χ0) is 12.4. The van der Waals surface area contributed by atoms with Crippen LogP contribution in [0.5, 0.6) is 11.5 Å². The highest BCUT2D eigenvalue weighted by Crippen LogP contribution is 2.32. The molecular weight excluding hydrogens is 216 g/mol. The zero-order valence-corrected chi connectivity index (χ0v) is 9.34. The second kappa shape index (κ2) is 4.29. The number of phenols is 2. The van der Waals surface area contributed by atoms with Gasteiger partial charge in [-0.05, 0) is 30.7 Å². The van der Waals surface area contributed by atoms with Gasteiger partial charge in [-0.3, -0.25) is 4.79 Å². The minimum atomic E-state index is -0.00307. The molecule has 0 spiro atoms. The Balaban J connectivity index is 2.46. The summed E-state index contributed by atoms with van der Waals surface area (Å²) in [5.74, 6) is 0.184. The second-order valence-electron chi connectivity index (χ2n) is 3.83. The van der Waals surface area contributed by atoms with Crippen molar-refractivity contribution in [3.63, 3.8) is 0 Å². The number of carbonyl (C=O) groups excluding carboxylic acids is 1. The van der Waals surface area contributed by atoms with Crippen molar-refractivity contribution in [1.29, 1.82) is 0 Å². The van der Waals surface area contributed by atoms with Crippen LogP contribution < -0.4 is 0 Å². The Hall–Kier alpha value is -2.29. The van der Waals surface area contributed by atoms with Crippen molar-refractivity contribution in [2.45, 2.75) is 6.92 Å². The maximum Gasteiger partial charge on any atom is 0.159 e. The summed E-state index contributed by atoms with van der Waals surface area (Å²) in [4.78, 5) is 11.1. The highest BCUT2D eigenvalue weighted by atomic mass is 16.3. The van der Waals surface area contributed by atoms with E-state index >= 15 is 0 Å². The minimum absolute atomic E-state index is 0.00307. The first-order valence-corrected chi connectivity index (χ1v) is 5.21. The Kier molecular flexibility index (Phi) is 2.83. The summed E-state index contributed by atoms with van der Waals surface area (Å²) < 4.78 is 0. The molecule has 0 aliphatic rings. The van der Waals surface area contributed by atoms with Gasteiger partial charge in [-0.15, -0.1) is 0 Å². The molecule has 2 aromatic rings. The summed E-state index contributed by atoms with van der Waals surface area (Å²) in [6.45, 7) is 1.50. The monoisotopic (exact) mass is 228 g/mol. The second-order valence-corrected chi connectivity index (χ2v) is 3.83. The number of aromatic hydroxyl groups is 2. The Morgan fingerprint density at radius 1 is 1.00 bits per heavy atom. The molecule has 2 rings (SSSR count). The van der Waals surface area contributed by atoms with E-state index in [0.29, 0.717) is 11.1 Å². The highest BCUT2D eigenvalue weighted by Gasteiger charge is 2.06. The van der Waals surface area contributed by atoms with E-state index in [9.17, 15) is 15.0 Å². The molecule has 17 heavy (non-hydrogen) atoms. The van der Waals surface area contributed by atoms with Crippen LogP contribution in [0.25, 0.3) is 11.1 Å². The Morgan fingerprint density at radius 3 is 2.24 bits per heavy atom. The summed E-state index contributed by atoms with van der Waals surface area (Å²) in [6.07, 6.45) is 0. The van der Waals surface area contributed by atoms with E-state index in [1.165, 1.54) is 25.1 Å². The van der Waals surface area contributed by atoms with Crippen LogP contribution in [0.3, 0.4) is 0 Å². The Morgan fingerprint density at radius 2 is 1.65 bits per heavy atom. The SMILES string of the molecule is CC(=O)c1ccc(-c2cc(O)ccc2O)cc1. The third-order valence-corrected chi connectivity index (χ3v) is 2.58. The van der Waals surface area contributed by atoms with Crippen molar-refractivity contribution >= 4 is 5.78 Å². The first-order valence-electron chi connectivity index (χ1n) is 5.21. The number of ketones is 1. The largest absolute Gasteiger partial charge is 0.508 e. The predicted octanol–water partition coefficient (Wildman–Crippen LogP) is 2.97. The first kappa shape index (κ1) is 11.2. The summed E-state index contributed by atoms with van der Waals surface area (Å²) in [5.41, 5.74) is 1.91. The first-order chi connectivity index (χ1) is 8.08. The van der Waals surface area contributed by atoms with Crippen LogP contribution in [0, 0.1) is 0 Å². The van der Waals surface area contributed by atoms with Crippen molar-refractivity contribution in [3.8, 4) is 22.6 Å². The number of hydrogen-bond donors (Lipinski definition) is 2. The molecule has 3 nitrogen and oxygen atoms in total. The molecule has 0 saturated carbocycles. The van der Waals surface area contributed by atoms with Gasteiger partial charge in [-0.1, -0.05) is 24.3 Å². The lowest BCUT2D eigenvalue weighted by Gasteiger charge is -2.06. The molecule has 0 aliphatic heterocycles. The van der Waals surface area contributed by atoms with Crippen LogP contribution in [0.2, 0.25) is 0 Å². The van der Waals surface area contributed by atoms with Crippen molar-refractivity contribution in [2.75, 3.05) is 0 Å². The van der Waals surface area contributed by atoms with E-state index in [2.05, 4.69) is 0 Å². The van der Waals surface area contributed by atoms with Gasteiger partial charge >= 0.3 is 0 Å². The maximum absolute atomic E-state index is 11.1. The van der Waals surface area contributed by atoms with E-state index in [1.54, 1.807) is 24.3 Å². The Labute approximate surface area is 99.0 Å². The van der Waals surface area contributed by atoms with Crippen LogP contribution in [-0.4, -0.2) is 16.0 Å². The lowest BCUT2D eigenvalue weighted by Crippen LogP contribution is -1.90. The van der Waals surface area contributed by atoms with Crippen LogP contribution >= 0.6 is 0 Å². The molecule has 2 N–H and O–H groups in total. The summed E-state index contributed by atoms with van der Waals surface area (Å²) in [5, 5.41) is 19.1. The fourth-order valence-corrected chi connectivity index (χ4v) is 1.64. The van der Waals surface area contributed by atoms with Gasteiger partial charge < -0.3 is 10.2 Å². The van der Waals surface area contributed by atoms with Crippen LogP contribution in [-0.2, 0) is 0 Å². The molecule has 0 radical (unpaired) electrons.